The average Bonchev–Trinajstić information content (AvgIpc) is 2.79. The maximum absolute atomic E-state index is 13.3. The first-order valence-electron chi connectivity index (χ1n) is 5.49. The predicted octanol–water partition coefficient (Wildman–Crippen LogP) is 0.418. The number of rotatable bonds is 3. The van der Waals surface area contributed by atoms with Gasteiger partial charge in [0.15, 0.2) is 11.6 Å². The van der Waals surface area contributed by atoms with Crippen LogP contribution in [-0.2, 0) is 9.53 Å². The van der Waals surface area contributed by atoms with Crippen LogP contribution in [0.3, 0.4) is 0 Å². The summed E-state index contributed by atoms with van der Waals surface area (Å²) in [7, 11) is 0. The highest BCUT2D eigenvalue weighted by atomic mass is 32.2. The van der Waals surface area contributed by atoms with Crippen molar-refractivity contribution in [2.45, 2.75) is 24.5 Å². The number of ether oxygens (including phenoxy) is 1. The quantitative estimate of drug-likeness (QED) is 0.830. The second-order valence-electron chi connectivity index (χ2n) is 3.96. The Morgan fingerprint density at radius 2 is 2.53 bits per heavy atom. The van der Waals surface area contributed by atoms with E-state index in [-0.39, 0.29) is 12.2 Å². The number of hydrogen-bond acceptors (Lipinski definition) is 6. The van der Waals surface area contributed by atoms with Crippen LogP contribution in [0.5, 0.6) is 0 Å². The molecule has 2 heterocycles. The van der Waals surface area contributed by atoms with Gasteiger partial charge in [0.1, 0.15) is 6.23 Å². The smallest absolute Gasteiger partial charge is 0.351 e. The van der Waals surface area contributed by atoms with Gasteiger partial charge in [0.25, 0.3) is 0 Å². The summed E-state index contributed by atoms with van der Waals surface area (Å²) in [6.45, 7) is 1.66. The third kappa shape index (κ3) is 2.30. The molecule has 1 aliphatic heterocycles. The molecule has 3 N–H and O–H groups in total. The van der Waals surface area contributed by atoms with Gasteiger partial charge in [0.05, 0.1) is 6.20 Å². The van der Waals surface area contributed by atoms with Crippen LogP contribution in [0.2, 0.25) is 0 Å². The number of carbonyl (C=O) groups is 1. The first-order valence-corrected chi connectivity index (χ1v) is 6.47. The fourth-order valence-corrected chi connectivity index (χ4v) is 2.89. The van der Waals surface area contributed by atoms with Crippen molar-refractivity contribution >= 4 is 23.5 Å². The van der Waals surface area contributed by atoms with Gasteiger partial charge < -0.3 is 15.6 Å². The second kappa shape index (κ2) is 4.82. The molecule has 104 valence electrons. The Hall–Kier alpha value is -1.61. The van der Waals surface area contributed by atoms with Crippen molar-refractivity contribution in [2.75, 3.05) is 11.5 Å². The Morgan fingerprint density at radius 1 is 1.84 bits per heavy atom. The summed E-state index contributed by atoms with van der Waals surface area (Å²) >= 11 is 1.06. The number of aliphatic carboxylic acids is 1. The Bertz CT molecular complexity index is 578. The van der Waals surface area contributed by atoms with Crippen LogP contribution in [0, 0.1) is 5.82 Å². The largest absolute Gasteiger partial charge is 0.478 e. The molecule has 2 unspecified atom stereocenters. The van der Waals surface area contributed by atoms with Crippen molar-refractivity contribution in [1.29, 1.82) is 0 Å². The van der Waals surface area contributed by atoms with Gasteiger partial charge in [0.2, 0.25) is 4.93 Å². The molecule has 7 nitrogen and oxygen atoms in total. The number of nitrogens with two attached hydrogens (primary N) is 1. The lowest BCUT2D eigenvalue weighted by Crippen LogP contribution is -2.36. The molecule has 1 aliphatic rings. The van der Waals surface area contributed by atoms with Gasteiger partial charge in [-0.3, -0.25) is 4.57 Å². The Morgan fingerprint density at radius 3 is 3.05 bits per heavy atom. The van der Waals surface area contributed by atoms with Gasteiger partial charge in [-0.15, -0.1) is 11.8 Å². The van der Waals surface area contributed by atoms with E-state index < -0.39 is 34.5 Å². The van der Waals surface area contributed by atoms with Gasteiger partial charge in [-0.1, -0.05) is 6.92 Å². The molecule has 2 rings (SSSR count). The monoisotopic (exact) mass is 289 g/mol. The maximum Gasteiger partial charge on any atom is 0.351 e. The Balaban J connectivity index is 2.34. The molecule has 0 saturated carbocycles. The zero-order valence-corrected chi connectivity index (χ0v) is 10.8. The molecule has 0 bridgehead atoms. The van der Waals surface area contributed by atoms with E-state index in [1.165, 1.54) is 0 Å². The van der Waals surface area contributed by atoms with E-state index in [0.29, 0.717) is 0 Å². The molecule has 0 radical (unpaired) electrons. The molecular weight excluding hydrogens is 277 g/mol. The minimum atomic E-state index is -1.41. The predicted molar refractivity (Wildman–Crippen MR) is 66.1 cm³/mol. The van der Waals surface area contributed by atoms with Crippen LogP contribution in [0.1, 0.15) is 19.6 Å². The molecular formula is C10H12FN3O4S. The summed E-state index contributed by atoms with van der Waals surface area (Å²) in [6.07, 6.45) is 0.225. The summed E-state index contributed by atoms with van der Waals surface area (Å²) in [4.78, 5) is 24.7. The zero-order valence-electron chi connectivity index (χ0n) is 10.00. The van der Waals surface area contributed by atoms with Crippen LogP contribution < -0.4 is 11.4 Å². The highest BCUT2D eigenvalue weighted by molar-refractivity contribution is 8.01. The number of nitrogens with zero attached hydrogens (tertiary/aromatic N) is 2. The Kier molecular flexibility index (Phi) is 3.50. The van der Waals surface area contributed by atoms with E-state index in [1.54, 1.807) is 6.92 Å². The lowest BCUT2D eigenvalue weighted by atomic mass is 10.3. The summed E-state index contributed by atoms with van der Waals surface area (Å²) in [5, 5.41) is 9.15. The van der Waals surface area contributed by atoms with Crippen LogP contribution in [0.4, 0.5) is 10.2 Å². The maximum atomic E-state index is 13.3. The first-order chi connectivity index (χ1) is 8.89. The molecule has 9 heteroatoms. The second-order valence-corrected chi connectivity index (χ2v) is 5.24. The number of carboxylic acid groups (broad SMARTS) is 1. The van der Waals surface area contributed by atoms with Crippen molar-refractivity contribution in [2.24, 2.45) is 0 Å². The summed E-state index contributed by atoms with van der Waals surface area (Å²) < 4.78 is 19.6. The van der Waals surface area contributed by atoms with Gasteiger partial charge in [-0.05, 0) is 6.42 Å². The van der Waals surface area contributed by atoms with Crippen LogP contribution in [0.15, 0.2) is 11.0 Å². The Labute approximate surface area is 111 Å². The van der Waals surface area contributed by atoms with E-state index in [0.717, 1.165) is 22.5 Å². The first kappa shape index (κ1) is 13.8. The number of nitrogen functional groups attached to an aromatic ring is 1. The van der Waals surface area contributed by atoms with Crippen LogP contribution in [0.25, 0.3) is 0 Å². The minimum absolute atomic E-state index is 0.213. The normalized spacial score (nSPS) is 26.5. The SMILES string of the molecule is CCC1(C(=O)O)OC(n2cc(F)c(N)nc2=O)CS1. The highest BCUT2D eigenvalue weighted by Crippen LogP contribution is 2.43. The van der Waals surface area contributed by atoms with E-state index in [9.17, 15) is 14.0 Å². The molecule has 0 aliphatic carbocycles. The fraction of sp³-hybridized carbons (Fsp3) is 0.500. The molecule has 0 amide bonds. The molecule has 0 spiro atoms. The van der Waals surface area contributed by atoms with Crippen LogP contribution in [-0.4, -0.2) is 31.3 Å². The third-order valence-corrected chi connectivity index (χ3v) is 4.30. The van der Waals surface area contributed by atoms with Crippen molar-refractivity contribution in [3.05, 3.63) is 22.5 Å². The van der Waals surface area contributed by atoms with Crippen LogP contribution >= 0.6 is 11.8 Å². The van der Waals surface area contributed by atoms with Gasteiger partial charge >= 0.3 is 11.7 Å². The van der Waals surface area contributed by atoms with E-state index >= 15 is 0 Å². The minimum Gasteiger partial charge on any atom is -0.478 e. The van der Waals surface area contributed by atoms with Gasteiger partial charge in [-0.2, -0.15) is 4.98 Å². The molecule has 1 aromatic rings. The van der Waals surface area contributed by atoms with E-state index in [1.807, 2.05) is 0 Å². The van der Waals surface area contributed by atoms with Gasteiger partial charge in [-0.25, -0.2) is 14.0 Å². The third-order valence-electron chi connectivity index (χ3n) is 2.82. The van der Waals surface area contributed by atoms with Crippen molar-refractivity contribution in [1.82, 2.24) is 9.55 Å². The number of anilines is 1. The lowest BCUT2D eigenvalue weighted by Gasteiger charge is -2.22. The molecule has 1 saturated heterocycles. The van der Waals surface area contributed by atoms with Crippen molar-refractivity contribution < 1.29 is 19.0 Å². The highest BCUT2D eigenvalue weighted by Gasteiger charge is 2.47. The molecule has 1 aromatic heterocycles. The van der Waals surface area contributed by atoms with E-state index in [4.69, 9.17) is 15.6 Å². The molecule has 1 fully saturated rings. The lowest BCUT2D eigenvalue weighted by molar-refractivity contribution is -0.160. The standard InChI is InChI=1S/C10H12FN3O4S/c1-2-10(8(15)16)18-6(4-19-10)14-3-5(11)7(12)13-9(14)17/h3,6H,2,4H2,1H3,(H,15,16)(H2,12,13,17). The number of hydrogen-bond donors (Lipinski definition) is 2. The fourth-order valence-electron chi connectivity index (χ4n) is 1.74. The van der Waals surface area contributed by atoms with Crippen molar-refractivity contribution in [3.8, 4) is 0 Å². The number of carboxylic acids is 1. The topological polar surface area (TPSA) is 107 Å². The number of halogens is 1. The number of thioether (sulfide) groups is 1. The van der Waals surface area contributed by atoms with Gasteiger partial charge in [0, 0.05) is 5.75 Å². The average molecular weight is 289 g/mol. The summed E-state index contributed by atoms with van der Waals surface area (Å²) in [5.41, 5.74) is 4.40. The van der Waals surface area contributed by atoms with E-state index in [2.05, 4.69) is 4.98 Å². The summed E-state index contributed by atoms with van der Waals surface area (Å²) in [5.74, 6) is -2.26. The molecule has 0 aromatic carbocycles. The molecule has 2 atom stereocenters. The van der Waals surface area contributed by atoms with Crippen molar-refractivity contribution in [3.63, 3.8) is 0 Å². The zero-order chi connectivity index (χ0) is 14.2. The summed E-state index contributed by atoms with van der Waals surface area (Å²) in [6, 6.07) is 0. The molecule has 19 heavy (non-hydrogen) atoms. The number of aromatic nitrogens is 2.